The number of furan rings is 2. The van der Waals surface area contributed by atoms with Gasteiger partial charge in [0.1, 0.15) is 33.8 Å². The van der Waals surface area contributed by atoms with E-state index in [-0.39, 0.29) is 0 Å². The molecule has 9 aromatic heterocycles. The molecule has 0 unspecified atom stereocenters. The fourth-order valence-electron chi connectivity index (χ4n) is 17.3. The SMILES string of the molecule is c1ccc(-c2nc(-n3c4ccc(-c5nc6c7ccccc7c7oc8ccccc8c7c6c6ccccc56)cc4c4cccnc43)cc3ccccc23)cc1.c1ccc(-c2nc(-n3c4ccccc4c4cc(-c5nc6c7ccccc7c7oc8ccccc8c7c6c6ccccc56)ccc43)nc3ccccc23)cc1. The molecule has 0 aliphatic carbocycles. The number of hydrogen-bond acceptors (Lipinski definition) is 8. The van der Waals surface area contributed by atoms with Crippen molar-refractivity contribution in [2.75, 3.05) is 0 Å². The van der Waals surface area contributed by atoms with Gasteiger partial charge in [-0.05, 0) is 82.9 Å². The van der Waals surface area contributed by atoms with Crippen molar-refractivity contribution in [3.05, 3.63) is 340 Å². The largest absolute Gasteiger partial charge is 0.455 e. The van der Waals surface area contributed by atoms with Crippen molar-refractivity contribution in [2.24, 2.45) is 0 Å². The first kappa shape index (κ1) is 59.8. The third kappa shape index (κ3) is 8.89. The molecule has 9 heterocycles. The minimum absolute atomic E-state index is 0.642. The zero-order chi connectivity index (χ0) is 70.7. The Morgan fingerprint density at radius 1 is 0.241 bits per heavy atom. The van der Waals surface area contributed by atoms with Crippen molar-refractivity contribution < 1.29 is 8.83 Å². The van der Waals surface area contributed by atoms with Gasteiger partial charge < -0.3 is 8.83 Å². The van der Waals surface area contributed by atoms with Crippen molar-refractivity contribution in [2.45, 2.75) is 0 Å². The van der Waals surface area contributed by atoms with E-state index in [2.05, 4.69) is 300 Å². The highest BCUT2D eigenvalue weighted by Gasteiger charge is 2.26. The smallest absolute Gasteiger partial charge is 0.235 e. The Hall–Kier alpha value is -14.7. The van der Waals surface area contributed by atoms with Crippen LogP contribution in [-0.2, 0) is 0 Å². The number of nitrogens with zero attached hydrogens (tertiary/aromatic N) is 8. The van der Waals surface area contributed by atoms with Crippen molar-refractivity contribution in [3.8, 4) is 56.8 Å². The van der Waals surface area contributed by atoms with Gasteiger partial charge in [0.15, 0.2) is 0 Å². The Balaban J connectivity index is 0.000000130. The van der Waals surface area contributed by atoms with Gasteiger partial charge >= 0.3 is 0 Å². The van der Waals surface area contributed by atoms with Gasteiger partial charge in [0.05, 0.1) is 55.9 Å². The summed E-state index contributed by atoms with van der Waals surface area (Å²) in [5.41, 5.74) is 18.4. The van der Waals surface area contributed by atoms with E-state index >= 15 is 0 Å². The number of rotatable bonds is 6. The molecular formula is C98H56N8O2. The fourth-order valence-corrected chi connectivity index (χ4v) is 17.3. The zero-order valence-electron chi connectivity index (χ0n) is 57.7. The molecule has 0 saturated carbocycles. The summed E-state index contributed by atoms with van der Waals surface area (Å²) in [6, 6.07) is 117. The summed E-state index contributed by atoms with van der Waals surface area (Å²) in [5, 5.41) is 23.1. The number of pyridine rings is 4. The molecule has 0 N–H and O–H groups in total. The van der Waals surface area contributed by atoms with Crippen molar-refractivity contribution >= 4 is 174 Å². The van der Waals surface area contributed by atoms with Gasteiger partial charge in [-0.3, -0.25) is 9.13 Å². The summed E-state index contributed by atoms with van der Waals surface area (Å²) in [5.74, 6) is 1.47. The summed E-state index contributed by atoms with van der Waals surface area (Å²) in [6.45, 7) is 0. The summed E-state index contributed by atoms with van der Waals surface area (Å²) in [6.07, 6.45) is 1.86. The molecule has 0 bridgehead atoms. The average molecular weight is 1380 g/mol. The maximum atomic E-state index is 6.58. The molecular weight excluding hydrogens is 1320 g/mol. The van der Waals surface area contributed by atoms with Crippen LogP contribution >= 0.6 is 0 Å². The Kier molecular flexibility index (Phi) is 12.9. The normalized spacial score (nSPS) is 12.1. The second kappa shape index (κ2) is 23.4. The molecule has 15 aromatic carbocycles. The van der Waals surface area contributed by atoms with Gasteiger partial charge in [0.2, 0.25) is 5.95 Å². The van der Waals surface area contributed by atoms with Crippen LogP contribution in [0.2, 0.25) is 0 Å². The third-order valence-electron chi connectivity index (χ3n) is 22.0. The van der Waals surface area contributed by atoms with Crippen molar-refractivity contribution in [1.29, 1.82) is 0 Å². The molecule has 108 heavy (non-hydrogen) atoms. The molecule has 500 valence electrons. The van der Waals surface area contributed by atoms with Crippen LogP contribution in [0.5, 0.6) is 0 Å². The lowest BCUT2D eigenvalue weighted by Crippen LogP contribution is -2.03. The maximum absolute atomic E-state index is 6.58. The topological polar surface area (TPSA) is 113 Å². The van der Waals surface area contributed by atoms with E-state index in [1.165, 1.54) is 0 Å². The second-order valence-electron chi connectivity index (χ2n) is 27.9. The molecule has 0 saturated heterocycles. The number of hydrogen-bond donors (Lipinski definition) is 0. The van der Waals surface area contributed by atoms with Crippen LogP contribution in [-0.4, -0.2) is 39.0 Å². The fraction of sp³-hybridized carbons (Fsp3) is 0. The van der Waals surface area contributed by atoms with Crippen LogP contribution in [0, 0.1) is 0 Å². The Bertz CT molecular complexity index is 7480. The van der Waals surface area contributed by atoms with Crippen LogP contribution in [0.3, 0.4) is 0 Å². The van der Waals surface area contributed by atoms with Crippen molar-refractivity contribution in [1.82, 2.24) is 39.0 Å². The standard InChI is InChI=1S/2C49H28N4O/c1-2-14-29(15-3-1)45-36-21-8-11-23-39(36)50-49(52-45)53-40-24-12-9-16-31(40)38-28-30(26-27-41(38)53)46-33-18-5-4-17-32(33)43-44-37-22-10-13-25-42(37)54-48(44)35-20-7-6-19-34(35)47(43)51-46;1-2-13-29(14-3-1)45-32-16-5-4-15-30(32)28-42(51-45)53-40-25-24-31(27-39(40)37-22-12-26-50-49(37)53)46-34-18-7-6-17-33(34)43-44-38-21-10-11-23-41(38)54-48(44)36-20-9-8-19-35(36)47(43)52-46/h2*1-28H. The number of aromatic nitrogens is 8. The molecule has 0 fully saturated rings. The Morgan fingerprint density at radius 2 is 0.667 bits per heavy atom. The van der Waals surface area contributed by atoms with Crippen LogP contribution in [0.15, 0.2) is 349 Å². The van der Waals surface area contributed by atoms with E-state index in [9.17, 15) is 0 Å². The molecule has 10 nitrogen and oxygen atoms in total. The molecule has 0 aliphatic rings. The molecule has 0 aliphatic heterocycles. The second-order valence-corrected chi connectivity index (χ2v) is 27.9. The van der Waals surface area contributed by atoms with Gasteiger partial charge in [-0.15, -0.1) is 0 Å². The summed E-state index contributed by atoms with van der Waals surface area (Å²) >= 11 is 0. The van der Waals surface area contributed by atoms with Gasteiger partial charge in [0, 0.05) is 125 Å². The molecule has 10 heteroatoms. The van der Waals surface area contributed by atoms with Crippen molar-refractivity contribution in [3.63, 3.8) is 0 Å². The van der Waals surface area contributed by atoms with E-state index in [1.807, 2.05) is 48.7 Å². The Labute approximate surface area is 614 Å². The summed E-state index contributed by atoms with van der Waals surface area (Å²) in [7, 11) is 0. The van der Waals surface area contributed by atoms with Gasteiger partial charge in [-0.25, -0.2) is 29.9 Å². The highest BCUT2D eigenvalue weighted by Crippen LogP contribution is 2.49. The first-order valence-corrected chi connectivity index (χ1v) is 36.4. The predicted molar refractivity (Wildman–Crippen MR) is 445 cm³/mol. The Morgan fingerprint density at radius 3 is 1.26 bits per heavy atom. The maximum Gasteiger partial charge on any atom is 0.235 e. The van der Waals surface area contributed by atoms with Crippen LogP contribution < -0.4 is 0 Å². The zero-order valence-corrected chi connectivity index (χ0v) is 57.7. The van der Waals surface area contributed by atoms with Crippen LogP contribution in [0.4, 0.5) is 0 Å². The lowest BCUT2D eigenvalue weighted by Gasteiger charge is -2.14. The van der Waals surface area contributed by atoms with E-state index in [1.54, 1.807) is 0 Å². The quantitative estimate of drug-likeness (QED) is 0.151. The predicted octanol–water partition coefficient (Wildman–Crippen LogP) is 25.6. The molecule has 0 spiro atoms. The first-order chi connectivity index (χ1) is 53.6. The van der Waals surface area contributed by atoms with Gasteiger partial charge in [-0.2, -0.15) is 0 Å². The molecule has 24 rings (SSSR count). The van der Waals surface area contributed by atoms with E-state index in [0.717, 1.165) is 225 Å². The molecule has 24 aromatic rings. The minimum atomic E-state index is 0.642. The van der Waals surface area contributed by atoms with E-state index in [0.29, 0.717) is 5.95 Å². The van der Waals surface area contributed by atoms with Crippen LogP contribution in [0.25, 0.3) is 231 Å². The summed E-state index contributed by atoms with van der Waals surface area (Å²) in [4.78, 5) is 31.9. The number of para-hydroxylation sites is 4. The monoisotopic (exact) mass is 1380 g/mol. The van der Waals surface area contributed by atoms with Gasteiger partial charge in [0.25, 0.3) is 0 Å². The van der Waals surface area contributed by atoms with E-state index < -0.39 is 0 Å². The minimum Gasteiger partial charge on any atom is -0.455 e. The molecule has 0 amide bonds. The third-order valence-corrected chi connectivity index (χ3v) is 22.0. The molecule has 0 radical (unpaired) electrons. The number of fused-ring (bicyclic) bond motifs is 28. The highest BCUT2D eigenvalue weighted by molar-refractivity contribution is 6.37. The first-order valence-electron chi connectivity index (χ1n) is 36.4. The average Bonchev–Trinajstić information content (AvgIpc) is 1.42. The number of benzene rings is 15. The van der Waals surface area contributed by atoms with Gasteiger partial charge in [-0.1, -0.05) is 267 Å². The van der Waals surface area contributed by atoms with E-state index in [4.69, 9.17) is 38.7 Å². The summed E-state index contributed by atoms with van der Waals surface area (Å²) < 4.78 is 17.6. The molecule has 0 atom stereocenters. The van der Waals surface area contributed by atoms with Crippen LogP contribution in [0.1, 0.15) is 0 Å². The lowest BCUT2D eigenvalue weighted by molar-refractivity contribution is 0.672. The highest BCUT2D eigenvalue weighted by atomic mass is 16.3. The lowest BCUT2D eigenvalue weighted by atomic mass is 9.93.